The molecule has 3 rings (SSSR count). The monoisotopic (exact) mass is 482 g/mol. The van der Waals surface area contributed by atoms with Crippen molar-refractivity contribution in [2.24, 2.45) is 0 Å². The third-order valence-electron chi connectivity index (χ3n) is 4.86. The van der Waals surface area contributed by atoms with Crippen LogP contribution in [0.2, 0.25) is 0 Å². The standard InChI is InChI=1S/C23H22BrF3O3/c1-15-21(28)19-14-17(23(25,26)27)8-11-20(19)30-22(15)16-6-9-18(10-7-16)29-13-5-3-2-4-12-24/h6-11,14H,2-5,12-13H2,1H3. The second kappa shape index (κ2) is 9.69. The molecule has 160 valence electrons. The molecule has 0 spiro atoms. The molecule has 0 saturated carbocycles. The zero-order chi connectivity index (χ0) is 21.7. The molecular weight excluding hydrogens is 461 g/mol. The van der Waals surface area contributed by atoms with Gasteiger partial charge in [-0.1, -0.05) is 28.8 Å². The van der Waals surface area contributed by atoms with Gasteiger partial charge < -0.3 is 9.15 Å². The van der Waals surface area contributed by atoms with Crippen molar-refractivity contribution in [2.45, 2.75) is 38.8 Å². The van der Waals surface area contributed by atoms with Gasteiger partial charge in [0.1, 0.15) is 17.1 Å². The van der Waals surface area contributed by atoms with Crippen molar-refractivity contribution < 1.29 is 22.3 Å². The van der Waals surface area contributed by atoms with E-state index in [4.69, 9.17) is 9.15 Å². The number of alkyl halides is 4. The highest BCUT2D eigenvalue weighted by Crippen LogP contribution is 2.33. The molecule has 0 fully saturated rings. The van der Waals surface area contributed by atoms with E-state index in [1.807, 2.05) is 0 Å². The van der Waals surface area contributed by atoms with Crippen molar-refractivity contribution in [3.8, 4) is 17.1 Å². The Balaban J connectivity index is 1.79. The van der Waals surface area contributed by atoms with Crippen LogP contribution in [0.25, 0.3) is 22.3 Å². The first-order valence-electron chi connectivity index (χ1n) is 9.75. The number of halogens is 4. The summed E-state index contributed by atoms with van der Waals surface area (Å²) in [5.74, 6) is 1.06. The number of ether oxygens (including phenoxy) is 1. The Morgan fingerprint density at radius 1 is 1.00 bits per heavy atom. The van der Waals surface area contributed by atoms with Crippen LogP contribution in [0.3, 0.4) is 0 Å². The van der Waals surface area contributed by atoms with Crippen molar-refractivity contribution >= 4 is 26.9 Å². The summed E-state index contributed by atoms with van der Waals surface area (Å²) in [4.78, 5) is 12.7. The molecule has 1 heterocycles. The Morgan fingerprint density at radius 3 is 2.37 bits per heavy atom. The molecule has 0 aliphatic carbocycles. The summed E-state index contributed by atoms with van der Waals surface area (Å²) in [6.07, 6.45) is -0.105. The molecule has 0 bridgehead atoms. The minimum absolute atomic E-state index is 0.0778. The Hall–Kier alpha value is -2.28. The van der Waals surface area contributed by atoms with E-state index in [0.717, 1.165) is 48.9 Å². The van der Waals surface area contributed by atoms with E-state index < -0.39 is 17.2 Å². The molecule has 0 amide bonds. The first kappa shape index (κ1) is 22.4. The summed E-state index contributed by atoms with van der Waals surface area (Å²) >= 11 is 3.41. The summed E-state index contributed by atoms with van der Waals surface area (Å²) in [5.41, 5.74) is -0.292. The molecular formula is C23H22BrF3O3. The van der Waals surface area contributed by atoms with Crippen LogP contribution in [0, 0.1) is 6.92 Å². The Morgan fingerprint density at radius 2 is 1.70 bits per heavy atom. The lowest BCUT2D eigenvalue weighted by molar-refractivity contribution is -0.137. The molecule has 1 aromatic heterocycles. The molecule has 0 N–H and O–H groups in total. The lowest BCUT2D eigenvalue weighted by Gasteiger charge is -2.11. The van der Waals surface area contributed by atoms with Crippen LogP contribution < -0.4 is 10.2 Å². The van der Waals surface area contributed by atoms with Gasteiger partial charge in [0.2, 0.25) is 0 Å². The average molecular weight is 483 g/mol. The van der Waals surface area contributed by atoms with E-state index in [-0.39, 0.29) is 16.5 Å². The zero-order valence-corrected chi connectivity index (χ0v) is 18.1. The van der Waals surface area contributed by atoms with Crippen molar-refractivity contribution in [3.05, 3.63) is 63.8 Å². The highest BCUT2D eigenvalue weighted by atomic mass is 79.9. The van der Waals surface area contributed by atoms with Gasteiger partial charge in [0.25, 0.3) is 0 Å². The van der Waals surface area contributed by atoms with Gasteiger partial charge in [-0.05, 0) is 62.2 Å². The van der Waals surface area contributed by atoms with Crippen LogP contribution in [-0.4, -0.2) is 11.9 Å². The smallest absolute Gasteiger partial charge is 0.416 e. The van der Waals surface area contributed by atoms with E-state index in [0.29, 0.717) is 17.9 Å². The minimum atomic E-state index is -4.52. The summed E-state index contributed by atoms with van der Waals surface area (Å²) in [5, 5.41) is 0.939. The highest BCUT2D eigenvalue weighted by Gasteiger charge is 2.31. The van der Waals surface area contributed by atoms with Gasteiger partial charge in [-0.25, -0.2) is 0 Å². The second-order valence-electron chi connectivity index (χ2n) is 7.07. The Labute approximate surface area is 181 Å². The van der Waals surface area contributed by atoms with E-state index >= 15 is 0 Å². The van der Waals surface area contributed by atoms with Crippen molar-refractivity contribution in [2.75, 3.05) is 11.9 Å². The maximum absolute atomic E-state index is 12.9. The molecule has 3 aromatic rings. The summed E-state index contributed by atoms with van der Waals surface area (Å²) in [7, 11) is 0. The number of rotatable bonds is 8. The van der Waals surface area contributed by atoms with Crippen LogP contribution in [0.4, 0.5) is 13.2 Å². The summed E-state index contributed by atoms with van der Waals surface area (Å²) < 4.78 is 50.4. The Bertz CT molecular complexity index is 1060. The van der Waals surface area contributed by atoms with Crippen molar-refractivity contribution in [1.82, 2.24) is 0 Å². The molecule has 2 aromatic carbocycles. The largest absolute Gasteiger partial charge is 0.494 e. The minimum Gasteiger partial charge on any atom is -0.494 e. The van der Waals surface area contributed by atoms with Gasteiger partial charge in [0.05, 0.1) is 17.6 Å². The van der Waals surface area contributed by atoms with Crippen LogP contribution in [-0.2, 0) is 6.18 Å². The number of unbranched alkanes of at least 4 members (excludes halogenated alkanes) is 3. The van der Waals surface area contributed by atoms with Crippen LogP contribution in [0.1, 0.15) is 36.8 Å². The topological polar surface area (TPSA) is 39.4 Å². The van der Waals surface area contributed by atoms with Gasteiger partial charge in [-0.3, -0.25) is 4.79 Å². The molecule has 0 saturated heterocycles. The molecule has 0 aliphatic heterocycles. The predicted molar refractivity (Wildman–Crippen MR) is 115 cm³/mol. The quantitative estimate of drug-likeness (QED) is 0.253. The fraction of sp³-hybridized carbons (Fsp3) is 0.348. The summed E-state index contributed by atoms with van der Waals surface area (Å²) in [6, 6.07) is 10.1. The summed E-state index contributed by atoms with van der Waals surface area (Å²) in [6.45, 7) is 2.19. The number of hydrogen-bond donors (Lipinski definition) is 0. The average Bonchev–Trinajstić information content (AvgIpc) is 2.73. The maximum atomic E-state index is 12.9. The Kier molecular flexibility index (Phi) is 7.23. The van der Waals surface area contributed by atoms with E-state index in [9.17, 15) is 18.0 Å². The van der Waals surface area contributed by atoms with Gasteiger partial charge in [0.15, 0.2) is 5.43 Å². The predicted octanol–water partition coefficient (Wildman–Crippen LogP) is 7.12. The maximum Gasteiger partial charge on any atom is 0.416 e. The number of fused-ring (bicyclic) bond motifs is 1. The van der Waals surface area contributed by atoms with Gasteiger partial charge in [-0.2, -0.15) is 13.2 Å². The van der Waals surface area contributed by atoms with Gasteiger partial charge >= 0.3 is 6.18 Å². The highest BCUT2D eigenvalue weighted by molar-refractivity contribution is 9.09. The number of hydrogen-bond acceptors (Lipinski definition) is 3. The lowest BCUT2D eigenvalue weighted by atomic mass is 10.0. The molecule has 3 nitrogen and oxygen atoms in total. The van der Waals surface area contributed by atoms with E-state index in [1.54, 1.807) is 31.2 Å². The van der Waals surface area contributed by atoms with E-state index in [1.165, 1.54) is 6.07 Å². The SMILES string of the molecule is Cc1c(-c2ccc(OCCCCCCBr)cc2)oc2ccc(C(F)(F)F)cc2c1=O. The van der Waals surface area contributed by atoms with E-state index in [2.05, 4.69) is 15.9 Å². The third kappa shape index (κ3) is 5.25. The van der Waals surface area contributed by atoms with Gasteiger partial charge in [-0.15, -0.1) is 0 Å². The fourth-order valence-corrected chi connectivity index (χ4v) is 3.58. The van der Waals surface area contributed by atoms with Crippen LogP contribution in [0.15, 0.2) is 51.7 Å². The number of benzene rings is 2. The molecule has 0 aliphatic rings. The molecule has 7 heteroatoms. The second-order valence-corrected chi connectivity index (χ2v) is 7.86. The fourth-order valence-electron chi connectivity index (χ4n) is 3.18. The van der Waals surface area contributed by atoms with Crippen molar-refractivity contribution in [1.29, 1.82) is 0 Å². The molecule has 30 heavy (non-hydrogen) atoms. The molecule has 0 atom stereocenters. The third-order valence-corrected chi connectivity index (χ3v) is 5.42. The van der Waals surface area contributed by atoms with Crippen molar-refractivity contribution in [3.63, 3.8) is 0 Å². The molecule has 0 unspecified atom stereocenters. The van der Waals surface area contributed by atoms with Crippen LogP contribution in [0.5, 0.6) is 5.75 Å². The first-order valence-corrected chi connectivity index (χ1v) is 10.9. The normalized spacial score (nSPS) is 11.8. The van der Waals surface area contributed by atoms with Gasteiger partial charge in [0, 0.05) is 16.5 Å². The lowest BCUT2D eigenvalue weighted by Crippen LogP contribution is -2.10. The zero-order valence-electron chi connectivity index (χ0n) is 16.5. The first-order chi connectivity index (χ1) is 14.3. The molecule has 0 radical (unpaired) electrons. The van der Waals surface area contributed by atoms with Crippen LogP contribution >= 0.6 is 15.9 Å².